The average Bonchev–Trinajstić information content (AvgIpc) is 2.72. The van der Waals surface area contributed by atoms with Gasteiger partial charge in [-0.15, -0.1) is 11.3 Å². The van der Waals surface area contributed by atoms with Gasteiger partial charge in [0.25, 0.3) is 6.43 Å². The molecule has 5 heteroatoms. The summed E-state index contributed by atoms with van der Waals surface area (Å²) in [6, 6.07) is 2.91. The molecule has 1 aliphatic heterocycles. The number of nitrogens with one attached hydrogen (secondary N) is 1. The summed E-state index contributed by atoms with van der Waals surface area (Å²) in [5.41, 5.74) is 0. The van der Waals surface area contributed by atoms with Gasteiger partial charge in [0, 0.05) is 31.1 Å². The van der Waals surface area contributed by atoms with Crippen LogP contribution in [0.4, 0.5) is 8.78 Å². The molecular weight excluding hydrogens is 218 g/mol. The fraction of sp³-hybridized carbons (Fsp3) is 0.600. The highest BCUT2D eigenvalue weighted by Gasteiger charge is 2.30. The lowest BCUT2D eigenvalue weighted by atomic mass is 10.2. The maximum absolute atomic E-state index is 13.0. The summed E-state index contributed by atoms with van der Waals surface area (Å²) in [6.07, 6.45) is -2.30. The van der Waals surface area contributed by atoms with Crippen LogP contribution in [0.15, 0.2) is 17.5 Å². The van der Waals surface area contributed by atoms with Crippen LogP contribution in [0.2, 0.25) is 0 Å². The van der Waals surface area contributed by atoms with E-state index in [2.05, 4.69) is 5.32 Å². The molecule has 0 amide bonds. The number of piperazine rings is 1. The van der Waals surface area contributed by atoms with E-state index in [1.165, 1.54) is 11.3 Å². The highest BCUT2D eigenvalue weighted by Crippen LogP contribution is 2.30. The van der Waals surface area contributed by atoms with Crippen molar-refractivity contribution >= 4 is 11.3 Å². The molecule has 0 bridgehead atoms. The Labute approximate surface area is 91.9 Å². The lowest BCUT2D eigenvalue weighted by Crippen LogP contribution is -2.46. The molecule has 0 unspecified atom stereocenters. The average molecular weight is 232 g/mol. The van der Waals surface area contributed by atoms with Gasteiger partial charge in [0.1, 0.15) is 6.04 Å². The van der Waals surface area contributed by atoms with Gasteiger partial charge in [-0.2, -0.15) is 0 Å². The van der Waals surface area contributed by atoms with Gasteiger partial charge in [0.2, 0.25) is 0 Å². The topological polar surface area (TPSA) is 15.3 Å². The number of nitrogens with zero attached hydrogens (tertiary/aromatic N) is 1. The van der Waals surface area contributed by atoms with Crippen LogP contribution >= 0.6 is 11.3 Å². The second kappa shape index (κ2) is 5.01. The van der Waals surface area contributed by atoms with Gasteiger partial charge < -0.3 is 5.32 Å². The SMILES string of the molecule is FC(F)[C@@H](c1cccs1)N1CCNCC1. The summed E-state index contributed by atoms with van der Waals surface area (Å²) < 4.78 is 26.0. The predicted octanol–water partition coefficient (Wildman–Crippen LogP) is 1.96. The van der Waals surface area contributed by atoms with Crippen LogP contribution in [-0.4, -0.2) is 37.5 Å². The van der Waals surface area contributed by atoms with Crippen LogP contribution in [-0.2, 0) is 0 Å². The summed E-state index contributed by atoms with van der Waals surface area (Å²) in [7, 11) is 0. The first-order valence-electron chi connectivity index (χ1n) is 5.05. The van der Waals surface area contributed by atoms with E-state index in [4.69, 9.17) is 0 Å². The first-order valence-corrected chi connectivity index (χ1v) is 5.93. The van der Waals surface area contributed by atoms with Crippen molar-refractivity contribution in [3.05, 3.63) is 22.4 Å². The highest BCUT2D eigenvalue weighted by molar-refractivity contribution is 7.10. The molecule has 2 heterocycles. The molecule has 1 aliphatic rings. The van der Waals surface area contributed by atoms with Crippen molar-refractivity contribution in [3.8, 4) is 0 Å². The van der Waals surface area contributed by atoms with Crippen molar-refractivity contribution in [2.24, 2.45) is 0 Å². The zero-order valence-electron chi connectivity index (χ0n) is 8.33. The minimum atomic E-state index is -2.30. The van der Waals surface area contributed by atoms with E-state index in [1.54, 1.807) is 6.07 Å². The normalized spacial score (nSPS) is 20.7. The molecule has 84 valence electrons. The van der Waals surface area contributed by atoms with Crippen LogP contribution < -0.4 is 5.32 Å². The molecule has 0 aliphatic carbocycles. The number of halogens is 2. The van der Waals surface area contributed by atoms with Crippen LogP contribution in [0, 0.1) is 0 Å². The summed E-state index contributed by atoms with van der Waals surface area (Å²) in [4.78, 5) is 2.64. The first-order chi connectivity index (χ1) is 7.29. The van der Waals surface area contributed by atoms with Crippen LogP contribution in [0.3, 0.4) is 0 Å². The summed E-state index contributed by atoms with van der Waals surface area (Å²) in [5, 5.41) is 5.02. The molecule has 1 aromatic rings. The zero-order valence-corrected chi connectivity index (χ0v) is 9.14. The van der Waals surface area contributed by atoms with Crippen LogP contribution in [0.1, 0.15) is 10.9 Å². The molecule has 2 nitrogen and oxygen atoms in total. The maximum Gasteiger partial charge on any atom is 0.258 e. The van der Waals surface area contributed by atoms with Gasteiger partial charge in [0.05, 0.1) is 0 Å². The number of rotatable bonds is 3. The fourth-order valence-corrected chi connectivity index (χ4v) is 2.75. The zero-order chi connectivity index (χ0) is 10.7. The molecule has 15 heavy (non-hydrogen) atoms. The van der Waals surface area contributed by atoms with Gasteiger partial charge in [-0.1, -0.05) is 6.07 Å². The number of thiophene rings is 1. The maximum atomic E-state index is 13.0. The second-order valence-electron chi connectivity index (χ2n) is 3.58. The number of hydrogen-bond acceptors (Lipinski definition) is 3. The van der Waals surface area contributed by atoms with Crippen molar-refractivity contribution in [1.29, 1.82) is 0 Å². The third-order valence-electron chi connectivity index (χ3n) is 2.62. The fourth-order valence-electron chi connectivity index (χ4n) is 1.88. The van der Waals surface area contributed by atoms with Crippen molar-refractivity contribution in [2.75, 3.05) is 26.2 Å². The lowest BCUT2D eigenvalue weighted by molar-refractivity contribution is 0.0200. The van der Waals surface area contributed by atoms with Crippen molar-refractivity contribution < 1.29 is 8.78 Å². The van der Waals surface area contributed by atoms with Gasteiger partial charge in [-0.05, 0) is 11.4 Å². The second-order valence-corrected chi connectivity index (χ2v) is 4.56. The first kappa shape index (κ1) is 11.0. The molecule has 0 aromatic carbocycles. The Morgan fingerprint density at radius 1 is 1.33 bits per heavy atom. The lowest BCUT2D eigenvalue weighted by Gasteiger charge is -2.33. The number of alkyl halides is 2. The van der Waals surface area contributed by atoms with Crippen molar-refractivity contribution in [1.82, 2.24) is 10.2 Å². The molecule has 1 saturated heterocycles. The molecule has 1 N–H and O–H groups in total. The predicted molar refractivity (Wildman–Crippen MR) is 57.5 cm³/mol. The number of hydrogen-bond donors (Lipinski definition) is 1. The Bertz CT molecular complexity index is 284. The van der Waals surface area contributed by atoms with Gasteiger partial charge in [-0.3, -0.25) is 4.90 Å². The Hall–Kier alpha value is -0.520. The molecule has 1 atom stereocenters. The Balaban J connectivity index is 2.12. The van der Waals surface area contributed by atoms with Gasteiger partial charge in [-0.25, -0.2) is 8.78 Å². The molecule has 0 saturated carbocycles. The van der Waals surface area contributed by atoms with E-state index in [9.17, 15) is 8.78 Å². The monoisotopic (exact) mass is 232 g/mol. The van der Waals surface area contributed by atoms with E-state index in [0.29, 0.717) is 13.1 Å². The molecule has 1 aromatic heterocycles. The van der Waals surface area contributed by atoms with E-state index >= 15 is 0 Å². The largest absolute Gasteiger partial charge is 0.314 e. The smallest absolute Gasteiger partial charge is 0.258 e. The third-order valence-corrected chi connectivity index (χ3v) is 3.56. The molecular formula is C10H14F2N2S. The third kappa shape index (κ3) is 2.53. The summed E-state index contributed by atoms with van der Waals surface area (Å²) in [5.74, 6) is 0. The Kier molecular flexibility index (Phi) is 3.66. The Morgan fingerprint density at radius 3 is 2.60 bits per heavy atom. The summed E-state index contributed by atoms with van der Waals surface area (Å²) >= 11 is 1.41. The highest BCUT2D eigenvalue weighted by atomic mass is 32.1. The van der Waals surface area contributed by atoms with Crippen LogP contribution in [0.5, 0.6) is 0 Å². The quantitative estimate of drug-likeness (QED) is 0.857. The van der Waals surface area contributed by atoms with E-state index in [1.807, 2.05) is 16.3 Å². The van der Waals surface area contributed by atoms with Crippen molar-refractivity contribution in [3.63, 3.8) is 0 Å². The Morgan fingerprint density at radius 2 is 2.07 bits per heavy atom. The standard InChI is InChI=1S/C10H14F2N2S/c11-10(12)9(8-2-1-7-15-8)14-5-3-13-4-6-14/h1-2,7,9-10,13H,3-6H2/t9-/m1/s1. The molecule has 0 radical (unpaired) electrons. The van der Waals surface area contributed by atoms with E-state index in [-0.39, 0.29) is 0 Å². The molecule has 1 fully saturated rings. The minimum absolute atomic E-state index is 0.701. The van der Waals surface area contributed by atoms with Gasteiger partial charge in [0.15, 0.2) is 0 Å². The molecule has 0 spiro atoms. The van der Waals surface area contributed by atoms with Gasteiger partial charge >= 0.3 is 0 Å². The minimum Gasteiger partial charge on any atom is -0.314 e. The van der Waals surface area contributed by atoms with E-state index in [0.717, 1.165) is 18.0 Å². The van der Waals surface area contributed by atoms with Crippen LogP contribution in [0.25, 0.3) is 0 Å². The summed E-state index contributed by atoms with van der Waals surface area (Å²) in [6.45, 7) is 3.00. The van der Waals surface area contributed by atoms with Crippen molar-refractivity contribution in [2.45, 2.75) is 12.5 Å². The molecule has 2 rings (SSSR count). The van der Waals surface area contributed by atoms with E-state index < -0.39 is 12.5 Å².